The smallest absolute Gasteiger partial charge is 0.266 e. The van der Waals surface area contributed by atoms with Crippen molar-refractivity contribution < 1.29 is 23.8 Å². The number of benzene rings is 4. The molecule has 0 fully saturated rings. The Morgan fingerprint density at radius 3 is 2.47 bits per heavy atom. The van der Waals surface area contributed by atoms with Gasteiger partial charge in [-0.2, -0.15) is 0 Å². The number of ether oxygens (including phenoxy) is 2. The van der Waals surface area contributed by atoms with Gasteiger partial charge in [-0.1, -0.05) is 74.3 Å². The molecule has 10 heteroatoms. The molecule has 43 heavy (non-hydrogen) atoms. The summed E-state index contributed by atoms with van der Waals surface area (Å²) in [6.07, 6.45) is -0.00392. The normalized spacial score (nSPS) is 17.7. The molecule has 0 aliphatic carbocycles. The molecule has 4 aromatic carbocycles. The zero-order valence-electron chi connectivity index (χ0n) is 23.1. The van der Waals surface area contributed by atoms with Crippen LogP contribution in [0.3, 0.4) is 0 Å². The van der Waals surface area contributed by atoms with Crippen molar-refractivity contribution in [3.05, 3.63) is 134 Å². The molecule has 0 saturated carbocycles. The van der Waals surface area contributed by atoms with Crippen molar-refractivity contribution in [1.29, 1.82) is 0 Å². The van der Waals surface area contributed by atoms with Gasteiger partial charge in [0.05, 0.1) is 6.61 Å². The third kappa shape index (κ3) is 7.51. The summed E-state index contributed by atoms with van der Waals surface area (Å²) >= 11 is 7.14. The number of aliphatic hydroxyl groups excluding tert-OH is 1. The SMILES string of the molecule is O=C(NNCc1cccc(F)c1)[C@@]1(Cc2ccc(Br)cc2)N=C(c2ccc(OCCCO)cc2)O[C@H]1c1ccccc1Br. The monoisotopic (exact) mass is 709 g/mol. The molecule has 222 valence electrons. The van der Waals surface area contributed by atoms with E-state index in [1.54, 1.807) is 24.3 Å². The Hall–Kier alpha value is -3.57. The maximum atomic E-state index is 14.3. The topological polar surface area (TPSA) is 92.2 Å². The van der Waals surface area contributed by atoms with E-state index in [0.717, 1.165) is 20.1 Å². The van der Waals surface area contributed by atoms with Gasteiger partial charge in [0.2, 0.25) is 5.90 Å². The van der Waals surface area contributed by atoms with Crippen LogP contribution in [0.4, 0.5) is 4.39 Å². The first kappa shape index (κ1) is 30.9. The first-order valence-electron chi connectivity index (χ1n) is 13.8. The number of aliphatic hydroxyl groups is 1. The van der Waals surface area contributed by atoms with E-state index in [2.05, 4.69) is 42.7 Å². The molecule has 1 aliphatic rings. The van der Waals surface area contributed by atoms with Crippen LogP contribution in [0.15, 0.2) is 111 Å². The molecular weight excluding hydrogens is 681 g/mol. The van der Waals surface area contributed by atoms with E-state index in [9.17, 15) is 9.18 Å². The molecule has 3 N–H and O–H groups in total. The number of carbonyl (C=O) groups excluding carboxylic acids is 1. The van der Waals surface area contributed by atoms with E-state index in [0.29, 0.717) is 35.8 Å². The van der Waals surface area contributed by atoms with Gasteiger partial charge in [-0.25, -0.2) is 14.8 Å². The number of hydrazine groups is 1. The van der Waals surface area contributed by atoms with Gasteiger partial charge in [0.15, 0.2) is 11.6 Å². The van der Waals surface area contributed by atoms with Crippen molar-refractivity contribution >= 4 is 43.7 Å². The van der Waals surface area contributed by atoms with Crippen molar-refractivity contribution in [2.45, 2.75) is 31.0 Å². The zero-order valence-corrected chi connectivity index (χ0v) is 26.3. The van der Waals surface area contributed by atoms with E-state index in [1.165, 1.54) is 12.1 Å². The fourth-order valence-electron chi connectivity index (χ4n) is 4.84. The Bertz CT molecular complexity index is 1580. The highest BCUT2D eigenvalue weighted by molar-refractivity contribution is 9.10. The number of nitrogens with zero attached hydrogens (tertiary/aromatic N) is 1. The molecule has 2 atom stereocenters. The summed E-state index contributed by atoms with van der Waals surface area (Å²) in [6.45, 7) is 0.669. The number of hydrogen-bond acceptors (Lipinski definition) is 6. The van der Waals surface area contributed by atoms with E-state index >= 15 is 0 Å². The van der Waals surface area contributed by atoms with Crippen LogP contribution < -0.4 is 15.6 Å². The maximum Gasteiger partial charge on any atom is 0.266 e. The molecule has 1 aliphatic heterocycles. The highest BCUT2D eigenvalue weighted by atomic mass is 79.9. The lowest BCUT2D eigenvalue weighted by Crippen LogP contribution is -2.53. The summed E-state index contributed by atoms with van der Waals surface area (Å²) < 4.78 is 27.7. The minimum atomic E-state index is -1.40. The van der Waals surface area contributed by atoms with Gasteiger partial charge in [0, 0.05) is 46.1 Å². The largest absolute Gasteiger partial charge is 0.494 e. The molecule has 0 unspecified atom stereocenters. The van der Waals surface area contributed by atoms with Crippen LogP contribution in [0.25, 0.3) is 0 Å². The van der Waals surface area contributed by atoms with Crippen LogP contribution >= 0.6 is 31.9 Å². The highest BCUT2D eigenvalue weighted by Crippen LogP contribution is 2.44. The number of rotatable bonds is 12. The molecule has 1 amide bonds. The minimum absolute atomic E-state index is 0.0543. The molecule has 7 nitrogen and oxygen atoms in total. The van der Waals surface area contributed by atoms with Crippen molar-refractivity contribution in [3.63, 3.8) is 0 Å². The second-order valence-electron chi connectivity index (χ2n) is 10.1. The van der Waals surface area contributed by atoms with Crippen molar-refractivity contribution in [2.75, 3.05) is 13.2 Å². The molecule has 0 bridgehead atoms. The quantitative estimate of drug-likeness (QED) is 0.116. The Balaban J connectivity index is 1.52. The lowest BCUT2D eigenvalue weighted by molar-refractivity contribution is -0.130. The van der Waals surface area contributed by atoms with Crippen LogP contribution in [0, 0.1) is 5.82 Å². The van der Waals surface area contributed by atoms with Crippen molar-refractivity contribution in [3.8, 4) is 5.75 Å². The molecule has 0 aromatic heterocycles. The number of nitrogens with one attached hydrogen (secondary N) is 2. The predicted octanol–water partition coefficient (Wildman–Crippen LogP) is 6.43. The van der Waals surface area contributed by atoms with Gasteiger partial charge < -0.3 is 14.6 Å². The van der Waals surface area contributed by atoms with E-state index < -0.39 is 17.6 Å². The summed E-state index contributed by atoms with van der Waals surface area (Å²) in [7, 11) is 0. The van der Waals surface area contributed by atoms with Gasteiger partial charge in [-0.05, 0) is 65.7 Å². The van der Waals surface area contributed by atoms with Gasteiger partial charge in [-0.3, -0.25) is 10.2 Å². The predicted molar refractivity (Wildman–Crippen MR) is 170 cm³/mol. The molecular formula is C33H30Br2FN3O4. The molecule has 0 radical (unpaired) electrons. The molecule has 0 spiro atoms. The standard InChI is InChI=1S/C33H30Br2FN3O4/c34-25-13-9-22(10-14-25)20-33(32(41)39-37-21-23-5-3-6-26(36)19-23)30(28-7-1-2-8-29(28)35)43-31(38-33)24-11-15-27(16-12-24)42-18-4-17-40/h1-3,5-16,19,30,37,40H,4,17-18,20-21H2,(H,39,41)/t30-,33-/m0/s1. The van der Waals surface area contributed by atoms with Gasteiger partial charge in [0.25, 0.3) is 5.91 Å². The average molecular weight is 711 g/mol. The number of aliphatic imine (C=N–C) groups is 1. The van der Waals surface area contributed by atoms with E-state index in [1.807, 2.05) is 60.7 Å². The number of halogens is 3. The number of carbonyl (C=O) groups is 1. The number of amides is 1. The van der Waals surface area contributed by atoms with Crippen LogP contribution in [0.1, 0.15) is 34.8 Å². The second kappa shape index (κ2) is 14.3. The Morgan fingerprint density at radius 2 is 1.74 bits per heavy atom. The zero-order chi connectivity index (χ0) is 30.2. The second-order valence-corrected chi connectivity index (χ2v) is 11.8. The Labute approximate surface area is 266 Å². The average Bonchev–Trinajstić information content (AvgIpc) is 3.39. The van der Waals surface area contributed by atoms with Crippen LogP contribution in [-0.2, 0) is 22.5 Å². The van der Waals surface area contributed by atoms with Crippen LogP contribution in [0.2, 0.25) is 0 Å². The van der Waals surface area contributed by atoms with Gasteiger partial charge in [-0.15, -0.1) is 0 Å². The lowest BCUT2D eigenvalue weighted by Gasteiger charge is -2.31. The van der Waals surface area contributed by atoms with E-state index in [-0.39, 0.29) is 25.4 Å². The van der Waals surface area contributed by atoms with E-state index in [4.69, 9.17) is 19.6 Å². The maximum absolute atomic E-state index is 14.3. The third-order valence-corrected chi connectivity index (χ3v) is 8.24. The third-order valence-electron chi connectivity index (χ3n) is 6.99. The van der Waals surface area contributed by atoms with Crippen LogP contribution in [-0.4, -0.2) is 35.7 Å². The molecule has 5 rings (SSSR count). The lowest BCUT2D eigenvalue weighted by atomic mass is 9.82. The van der Waals surface area contributed by atoms with Crippen molar-refractivity contribution in [2.24, 2.45) is 4.99 Å². The summed E-state index contributed by atoms with van der Waals surface area (Å²) in [6, 6.07) is 28.8. The fourth-order valence-corrected chi connectivity index (χ4v) is 5.60. The first-order chi connectivity index (χ1) is 20.9. The first-order valence-corrected chi connectivity index (χ1v) is 15.3. The summed E-state index contributed by atoms with van der Waals surface area (Å²) in [5, 5.41) is 9.04. The fraction of sp³-hybridized carbons (Fsp3) is 0.212. The van der Waals surface area contributed by atoms with Crippen molar-refractivity contribution in [1.82, 2.24) is 10.9 Å². The Morgan fingerprint density at radius 1 is 0.977 bits per heavy atom. The minimum Gasteiger partial charge on any atom is -0.494 e. The molecule has 0 saturated heterocycles. The summed E-state index contributed by atoms with van der Waals surface area (Å²) in [5.41, 5.74) is 7.40. The molecule has 4 aromatic rings. The summed E-state index contributed by atoms with van der Waals surface area (Å²) in [5.74, 6) is 0.222. The summed E-state index contributed by atoms with van der Waals surface area (Å²) in [4.78, 5) is 19.3. The van der Waals surface area contributed by atoms with Gasteiger partial charge in [0.1, 0.15) is 11.6 Å². The number of hydrogen-bond donors (Lipinski definition) is 3. The van der Waals surface area contributed by atoms with Crippen LogP contribution in [0.5, 0.6) is 5.75 Å². The van der Waals surface area contributed by atoms with Gasteiger partial charge >= 0.3 is 0 Å². The Kier molecular flexibility index (Phi) is 10.2. The molecule has 1 heterocycles. The highest BCUT2D eigenvalue weighted by Gasteiger charge is 2.54.